The van der Waals surface area contributed by atoms with E-state index in [-0.39, 0.29) is 17.7 Å². The summed E-state index contributed by atoms with van der Waals surface area (Å²) in [5.74, 6) is 0.570. The Hall–Kier alpha value is -1.58. The number of hydrogen-bond donors (Lipinski definition) is 1. The number of hydrogen-bond acceptors (Lipinski definition) is 3. The van der Waals surface area contributed by atoms with Crippen LogP contribution in [0, 0.1) is 0 Å². The van der Waals surface area contributed by atoms with Gasteiger partial charge in [0.1, 0.15) is 5.82 Å². The zero-order valence-corrected chi connectivity index (χ0v) is 7.99. The molecule has 1 fully saturated rings. The normalized spacial score (nSPS) is 24.6. The van der Waals surface area contributed by atoms with Crippen molar-refractivity contribution in [3.05, 3.63) is 24.0 Å². The van der Waals surface area contributed by atoms with Crippen LogP contribution in [-0.2, 0) is 9.59 Å². The highest BCUT2D eigenvalue weighted by Gasteiger charge is 2.40. The summed E-state index contributed by atoms with van der Waals surface area (Å²) in [4.78, 5) is 24.4. The molecule has 0 aliphatic carbocycles. The quantitative estimate of drug-likeness (QED) is 0.635. The van der Waals surface area contributed by atoms with Crippen LogP contribution in [0.1, 0.15) is 13.3 Å². The monoisotopic (exact) mass is 192 g/mol. The van der Waals surface area contributed by atoms with E-state index in [4.69, 9.17) is 0 Å². The van der Waals surface area contributed by atoms with Gasteiger partial charge >= 0.3 is 0 Å². The summed E-state index contributed by atoms with van der Waals surface area (Å²) in [6, 6.07) is -0.00379. The first-order chi connectivity index (χ1) is 6.72. The molecule has 0 radical (unpaired) electrons. The second-order valence-electron chi connectivity index (χ2n) is 3.42. The van der Waals surface area contributed by atoms with Gasteiger partial charge in [0.25, 0.3) is 0 Å². The summed E-state index contributed by atoms with van der Waals surface area (Å²) in [6.07, 6.45) is 5.52. The maximum Gasteiger partial charge on any atom is 0.249 e. The van der Waals surface area contributed by atoms with Gasteiger partial charge in [-0.2, -0.15) is 0 Å². The van der Waals surface area contributed by atoms with Crippen LogP contribution in [0.4, 0.5) is 0 Å². The van der Waals surface area contributed by atoms with Crippen molar-refractivity contribution in [3.8, 4) is 0 Å². The molecule has 0 saturated carbocycles. The van der Waals surface area contributed by atoms with Gasteiger partial charge in [0.2, 0.25) is 5.91 Å². The van der Waals surface area contributed by atoms with Crippen LogP contribution < -0.4 is 5.32 Å². The Balaban J connectivity index is 2.02. The Kier molecular flexibility index (Phi) is 2.11. The second kappa shape index (κ2) is 3.29. The number of rotatable bonds is 2. The van der Waals surface area contributed by atoms with E-state index in [2.05, 4.69) is 5.32 Å². The Morgan fingerprint density at radius 2 is 2.50 bits per heavy atom. The van der Waals surface area contributed by atoms with Gasteiger partial charge in [-0.1, -0.05) is 6.08 Å². The predicted molar refractivity (Wildman–Crippen MR) is 51.2 cm³/mol. The summed E-state index contributed by atoms with van der Waals surface area (Å²) in [5, 5.41) is 2.68. The first-order valence-corrected chi connectivity index (χ1v) is 4.68. The summed E-state index contributed by atoms with van der Waals surface area (Å²) < 4.78 is 0. The van der Waals surface area contributed by atoms with Crippen LogP contribution in [0.2, 0.25) is 0 Å². The molecule has 4 heteroatoms. The molecule has 0 bridgehead atoms. The molecule has 2 aliphatic heterocycles. The Morgan fingerprint density at radius 3 is 3.00 bits per heavy atom. The van der Waals surface area contributed by atoms with E-state index in [9.17, 15) is 9.59 Å². The van der Waals surface area contributed by atoms with E-state index in [1.165, 1.54) is 12.2 Å². The topological polar surface area (TPSA) is 49.4 Å². The molecular weight excluding hydrogens is 180 g/mol. The summed E-state index contributed by atoms with van der Waals surface area (Å²) in [5.41, 5.74) is 0. The molecule has 74 valence electrons. The zero-order chi connectivity index (χ0) is 10.1. The molecule has 2 heterocycles. The molecule has 0 aromatic heterocycles. The van der Waals surface area contributed by atoms with Gasteiger partial charge in [0, 0.05) is 12.6 Å². The molecular formula is C10H12N2O2. The molecule has 14 heavy (non-hydrogen) atoms. The lowest BCUT2D eigenvalue weighted by Crippen LogP contribution is -2.49. The average molecular weight is 192 g/mol. The maximum atomic E-state index is 11.3. The van der Waals surface area contributed by atoms with E-state index >= 15 is 0 Å². The van der Waals surface area contributed by atoms with Crippen LogP contribution in [-0.4, -0.2) is 29.2 Å². The third-order valence-electron chi connectivity index (χ3n) is 2.51. The standard InChI is InChI=1S/C10H12N2O2/c1-2-3-10(14)11-9-6-8(13)7-4-5-12(7)9/h2-3,6-7H,4-5H2,1H3,(H,11,14)/t7-/m1/s1. The molecule has 2 aliphatic rings. The molecule has 1 saturated heterocycles. The summed E-state index contributed by atoms with van der Waals surface area (Å²) in [6.45, 7) is 2.64. The van der Waals surface area contributed by atoms with Crippen molar-refractivity contribution in [3.63, 3.8) is 0 Å². The molecule has 4 nitrogen and oxygen atoms in total. The number of allylic oxidation sites excluding steroid dienone is 1. The van der Waals surface area contributed by atoms with E-state index < -0.39 is 0 Å². The van der Waals surface area contributed by atoms with Crippen molar-refractivity contribution in [1.82, 2.24) is 10.2 Å². The van der Waals surface area contributed by atoms with Gasteiger partial charge in [0.15, 0.2) is 5.78 Å². The fourth-order valence-corrected chi connectivity index (χ4v) is 1.71. The molecule has 0 aromatic rings. The number of fused-ring (bicyclic) bond motifs is 1. The number of amides is 1. The minimum absolute atomic E-state index is 0.00379. The largest absolute Gasteiger partial charge is 0.347 e. The predicted octanol–water partition coefficient (Wildman–Crippen LogP) is 0.177. The van der Waals surface area contributed by atoms with Crippen molar-refractivity contribution in [1.29, 1.82) is 0 Å². The molecule has 0 spiro atoms. The zero-order valence-electron chi connectivity index (χ0n) is 7.99. The fraction of sp³-hybridized carbons (Fsp3) is 0.400. The van der Waals surface area contributed by atoms with E-state index in [0.717, 1.165) is 13.0 Å². The Morgan fingerprint density at radius 1 is 1.71 bits per heavy atom. The lowest BCUT2D eigenvalue weighted by Gasteiger charge is -2.37. The first kappa shape index (κ1) is 8.99. The minimum atomic E-state index is -0.181. The van der Waals surface area contributed by atoms with Crippen LogP contribution in [0.25, 0.3) is 0 Å². The lowest BCUT2D eigenvalue weighted by atomic mass is 10.0. The Bertz CT molecular complexity index is 344. The van der Waals surface area contributed by atoms with Crippen molar-refractivity contribution in [2.24, 2.45) is 0 Å². The third kappa shape index (κ3) is 1.32. The molecule has 1 N–H and O–H groups in total. The number of carbonyl (C=O) groups excluding carboxylic acids is 2. The van der Waals surface area contributed by atoms with Crippen LogP contribution in [0.3, 0.4) is 0 Å². The van der Waals surface area contributed by atoms with Gasteiger partial charge in [-0.25, -0.2) is 0 Å². The van der Waals surface area contributed by atoms with Crippen molar-refractivity contribution in [2.75, 3.05) is 6.54 Å². The molecule has 1 atom stereocenters. The van der Waals surface area contributed by atoms with Gasteiger partial charge in [-0.05, 0) is 19.4 Å². The third-order valence-corrected chi connectivity index (χ3v) is 2.51. The summed E-state index contributed by atoms with van der Waals surface area (Å²) in [7, 11) is 0. The van der Waals surface area contributed by atoms with Crippen molar-refractivity contribution >= 4 is 11.7 Å². The van der Waals surface area contributed by atoms with Crippen LogP contribution in [0.15, 0.2) is 24.0 Å². The van der Waals surface area contributed by atoms with Gasteiger partial charge in [0.05, 0.1) is 6.04 Å². The highest BCUT2D eigenvalue weighted by Crippen LogP contribution is 2.28. The van der Waals surface area contributed by atoms with Crippen molar-refractivity contribution in [2.45, 2.75) is 19.4 Å². The van der Waals surface area contributed by atoms with Crippen LogP contribution >= 0.6 is 0 Å². The smallest absolute Gasteiger partial charge is 0.249 e. The highest BCUT2D eigenvalue weighted by molar-refractivity contribution is 5.99. The number of carbonyl (C=O) groups is 2. The van der Waals surface area contributed by atoms with Gasteiger partial charge in [-0.15, -0.1) is 0 Å². The van der Waals surface area contributed by atoms with Crippen LogP contribution in [0.5, 0.6) is 0 Å². The molecule has 2 rings (SSSR count). The van der Waals surface area contributed by atoms with E-state index in [1.54, 1.807) is 13.0 Å². The van der Waals surface area contributed by atoms with Crippen molar-refractivity contribution < 1.29 is 9.59 Å². The minimum Gasteiger partial charge on any atom is -0.347 e. The van der Waals surface area contributed by atoms with Gasteiger partial charge < -0.3 is 10.2 Å². The maximum absolute atomic E-state index is 11.3. The van der Waals surface area contributed by atoms with E-state index in [1.807, 2.05) is 4.90 Å². The number of ketones is 1. The number of nitrogens with zero attached hydrogens (tertiary/aromatic N) is 1. The molecule has 0 unspecified atom stereocenters. The molecule has 1 amide bonds. The SMILES string of the molecule is CC=CC(=O)NC1=CC(=O)[C@H]2CCN12. The fourth-order valence-electron chi connectivity index (χ4n) is 1.71. The van der Waals surface area contributed by atoms with E-state index in [0.29, 0.717) is 5.82 Å². The average Bonchev–Trinajstić information content (AvgIpc) is 2.19. The molecule has 0 aromatic carbocycles. The summed E-state index contributed by atoms with van der Waals surface area (Å²) >= 11 is 0. The Labute approximate surface area is 82.3 Å². The number of nitrogens with one attached hydrogen (secondary N) is 1. The second-order valence-corrected chi connectivity index (χ2v) is 3.42. The van der Waals surface area contributed by atoms with Gasteiger partial charge in [-0.3, -0.25) is 9.59 Å². The first-order valence-electron chi connectivity index (χ1n) is 4.68. The highest BCUT2D eigenvalue weighted by atomic mass is 16.2. The lowest BCUT2D eigenvalue weighted by molar-refractivity contribution is -0.121.